The number of hydrogen-bond donors (Lipinski definition) is 2. The molecule has 1 amide bonds. The number of benzene rings is 1. The van der Waals surface area contributed by atoms with Crippen LogP contribution in [0.2, 0.25) is 0 Å². The van der Waals surface area contributed by atoms with Crippen LogP contribution in [-0.4, -0.2) is 21.8 Å². The Labute approximate surface area is 159 Å². The summed E-state index contributed by atoms with van der Waals surface area (Å²) < 4.78 is 10.6. The van der Waals surface area contributed by atoms with E-state index in [0.717, 1.165) is 0 Å². The number of carbonyl (C=O) groups excluding carboxylic acids is 1. The van der Waals surface area contributed by atoms with Gasteiger partial charge in [0, 0.05) is 17.1 Å². The summed E-state index contributed by atoms with van der Waals surface area (Å²) in [5.74, 6) is 0.158. The molecule has 2 aromatic heterocycles. The highest BCUT2D eigenvalue weighted by molar-refractivity contribution is 7.19. The van der Waals surface area contributed by atoms with Gasteiger partial charge in [0.15, 0.2) is 5.13 Å². The number of nitrogens with zero attached hydrogens (tertiary/aromatic N) is 1. The van der Waals surface area contributed by atoms with E-state index in [2.05, 4.69) is 10.3 Å². The van der Waals surface area contributed by atoms with E-state index in [1.165, 1.54) is 18.3 Å². The molecule has 1 atom stereocenters. The number of hydrogen-bond acceptors (Lipinski definition) is 7. The van der Waals surface area contributed by atoms with Crippen molar-refractivity contribution in [3.05, 3.63) is 46.6 Å². The molecule has 1 aromatic carbocycles. The van der Waals surface area contributed by atoms with Gasteiger partial charge in [-0.15, -0.1) is 0 Å². The Morgan fingerprint density at radius 3 is 2.59 bits per heavy atom. The lowest BCUT2D eigenvalue weighted by Gasteiger charge is -2.18. The van der Waals surface area contributed by atoms with Crippen LogP contribution in [0.3, 0.4) is 0 Å². The Bertz CT molecular complexity index is 1050. The second-order valence-electron chi connectivity index (χ2n) is 7.01. The van der Waals surface area contributed by atoms with Crippen molar-refractivity contribution in [1.29, 1.82) is 0 Å². The summed E-state index contributed by atoms with van der Waals surface area (Å²) >= 11 is 1.20. The molecule has 0 saturated heterocycles. The van der Waals surface area contributed by atoms with Crippen LogP contribution >= 0.6 is 11.3 Å². The maximum atomic E-state index is 12.2. The molecule has 1 unspecified atom stereocenters. The van der Waals surface area contributed by atoms with Crippen molar-refractivity contribution in [2.75, 3.05) is 5.32 Å². The molecule has 27 heavy (non-hydrogen) atoms. The minimum absolute atomic E-state index is 0.158. The molecule has 0 bridgehead atoms. The van der Waals surface area contributed by atoms with Crippen LogP contribution < -0.4 is 10.9 Å². The fourth-order valence-corrected chi connectivity index (χ4v) is 3.47. The zero-order chi connectivity index (χ0) is 19.8. The third-order valence-electron chi connectivity index (χ3n) is 3.60. The Kier molecular flexibility index (Phi) is 5.03. The van der Waals surface area contributed by atoms with Gasteiger partial charge in [0.05, 0.1) is 10.3 Å². The highest BCUT2D eigenvalue weighted by Gasteiger charge is 2.22. The van der Waals surface area contributed by atoms with E-state index in [4.69, 9.17) is 9.15 Å². The fourth-order valence-electron chi connectivity index (χ4n) is 2.60. The lowest BCUT2D eigenvalue weighted by atomic mass is 10.0. The topological polar surface area (TPSA) is 102 Å². The molecule has 2 N–H and O–H groups in total. The molecule has 3 aromatic rings. The van der Waals surface area contributed by atoms with Gasteiger partial charge in [-0.1, -0.05) is 29.5 Å². The van der Waals surface area contributed by atoms with Crippen molar-refractivity contribution in [2.45, 2.75) is 39.4 Å². The molecule has 7 nitrogen and oxygen atoms in total. The summed E-state index contributed by atoms with van der Waals surface area (Å²) in [7, 11) is 0. The molecule has 0 spiro atoms. The zero-order valence-corrected chi connectivity index (χ0v) is 16.2. The third kappa shape index (κ3) is 4.17. The van der Waals surface area contributed by atoms with Gasteiger partial charge in [0.25, 0.3) is 0 Å². The molecule has 142 valence electrons. The molecule has 0 fully saturated rings. The van der Waals surface area contributed by atoms with Crippen LogP contribution in [0.15, 0.2) is 39.7 Å². The Balaban J connectivity index is 2.05. The lowest BCUT2D eigenvalue weighted by molar-refractivity contribution is 0.0636. The molecule has 3 rings (SSSR count). The van der Waals surface area contributed by atoms with Crippen LogP contribution in [0.4, 0.5) is 9.93 Å². The fraction of sp³-hybridized carbons (Fsp3) is 0.316. The van der Waals surface area contributed by atoms with Gasteiger partial charge in [0.1, 0.15) is 17.5 Å². The number of carbonyl (C=O) groups is 1. The number of fused-ring (bicyclic) bond motifs is 1. The number of nitrogens with one attached hydrogen (secondary N) is 1. The van der Waals surface area contributed by atoms with Crippen LogP contribution in [0, 0.1) is 0 Å². The predicted molar refractivity (Wildman–Crippen MR) is 104 cm³/mol. The Morgan fingerprint density at radius 1 is 1.30 bits per heavy atom. The summed E-state index contributed by atoms with van der Waals surface area (Å²) in [5, 5.41) is 14.1. The smallest absolute Gasteiger partial charge is 0.413 e. The summed E-state index contributed by atoms with van der Waals surface area (Å²) in [5.41, 5.74) is -0.556. The van der Waals surface area contributed by atoms with E-state index >= 15 is 0 Å². The first-order chi connectivity index (χ1) is 12.7. The highest BCUT2D eigenvalue weighted by atomic mass is 32.1. The molecule has 8 heteroatoms. The Morgan fingerprint density at radius 2 is 1.96 bits per heavy atom. The number of aliphatic hydroxyl groups excluding tert-OH is 1. The first-order valence-electron chi connectivity index (χ1n) is 8.36. The lowest BCUT2D eigenvalue weighted by Crippen LogP contribution is -2.27. The molecule has 0 aliphatic heterocycles. The molecular formula is C19H20N2O5S. The van der Waals surface area contributed by atoms with Gasteiger partial charge >= 0.3 is 11.7 Å². The average molecular weight is 388 g/mol. The van der Waals surface area contributed by atoms with Gasteiger partial charge in [-0.25, -0.2) is 14.6 Å². The molecular weight excluding hydrogens is 368 g/mol. The largest absolute Gasteiger partial charge is 0.444 e. The monoisotopic (exact) mass is 388 g/mol. The third-order valence-corrected chi connectivity index (χ3v) is 4.54. The molecule has 0 aliphatic carbocycles. The summed E-state index contributed by atoms with van der Waals surface area (Å²) in [4.78, 5) is 29.0. The van der Waals surface area contributed by atoms with Crippen molar-refractivity contribution < 1.29 is 19.1 Å². The number of amides is 1. The van der Waals surface area contributed by atoms with E-state index in [1.54, 1.807) is 51.2 Å². The van der Waals surface area contributed by atoms with Crippen LogP contribution in [0.25, 0.3) is 21.2 Å². The second-order valence-corrected chi connectivity index (χ2v) is 8.04. The number of aromatic nitrogens is 1. The van der Waals surface area contributed by atoms with Gasteiger partial charge in [-0.2, -0.15) is 0 Å². The van der Waals surface area contributed by atoms with Crippen molar-refractivity contribution in [2.24, 2.45) is 0 Å². The van der Waals surface area contributed by atoms with Gasteiger partial charge < -0.3 is 14.3 Å². The minimum Gasteiger partial charge on any atom is -0.444 e. The first kappa shape index (κ1) is 19.1. The minimum atomic E-state index is -0.985. The van der Waals surface area contributed by atoms with Crippen molar-refractivity contribution >= 4 is 33.3 Å². The van der Waals surface area contributed by atoms with Crippen LogP contribution in [0.1, 0.15) is 39.6 Å². The number of anilines is 1. The SMILES string of the molecule is CC(O)c1oc(=O)c2ccccc2c1-c1cnc(NC(=O)OC(C)(C)C)s1. The van der Waals surface area contributed by atoms with Crippen molar-refractivity contribution in [3.63, 3.8) is 0 Å². The summed E-state index contributed by atoms with van der Waals surface area (Å²) in [6, 6.07) is 7.00. The zero-order valence-electron chi connectivity index (χ0n) is 15.4. The van der Waals surface area contributed by atoms with Gasteiger partial charge in [-0.05, 0) is 33.8 Å². The molecule has 2 heterocycles. The van der Waals surface area contributed by atoms with Gasteiger partial charge in [-0.3, -0.25) is 5.32 Å². The maximum absolute atomic E-state index is 12.2. The first-order valence-corrected chi connectivity index (χ1v) is 9.17. The Hall–Kier alpha value is -2.71. The van der Waals surface area contributed by atoms with E-state index in [1.807, 2.05) is 0 Å². The normalized spacial score (nSPS) is 12.8. The summed E-state index contributed by atoms with van der Waals surface area (Å²) in [6.45, 7) is 6.84. The number of ether oxygens (including phenoxy) is 1. The number of thiazole rings is 1. The van der Waals surface area contributed by atoms with E-state index in [9.17, 15) is 14.7 Å². The average Bonchev–Trinajstić information content (AvgIpc) is 3.00. The predicted octanol–water partition coefficient (Wildman–Crippen LogP) is 4.32. The number of aliphatic hydroxyl groups is 1. The van der Waals surface area contributed by atoms with Crippen molar-refractivity contribution in [1.82, 2.24) is 4.98 Å². The number of rotatable bonds is 3. The standard InChI is InChI=1S/C19H20N2O5S/c1-10(22)15-14(11-7-5-6-8-12(11)16(23)25-15)13-9-20-17(27-13)21-18(24)26-19(2,3)4/h5-10,22H,1-4H3,(H,20,21,24). The van der Waals surface area contributed by atoms with Gasteiger partial charge in [0.2, 0.25) is 0 Å². The second kappa shape index (κ2) is 7.13. The quantitative estimate of drug-likeness (QED) is 0.693. The van der Waals surface area contributed by atoms with E-state index < -0.39 is 23.4 Å². The van der Waals surface area contributed by atoms with Crippen LogP contribution in [0.5, 0.6) is 0 Å². The molecule has 0 saturated carbocycles. The highest BCUT2D eigenvalue weighted by Crippen LogP contribution is 2.38. The van der Waals surface area contributed by atoms with Crippen LogP contribution in [-0.2, 0) is 4.74 Å². The molecule has 0 aliphatic rings. The molecule has 0 radical (unpaired) electrons. The van der Waals surface area contributed by atoms with Crippen molar-refractivity contribution in [3.8, 4) is 10.4 Å². The summed E-state index contributed by atoms with van der Waals surface area (Å²) in [6.07, 6.45) is -0.0318. The van der Waals surface area contributed by atoms with E-state index in [0.29, 0.717) is 26.3 Å². The maximum Gasteiger partial charge on any atom is 0.413 e. The van der Waals surface area contributed by atoms with E-state index in [-0.39, 0.29) is 5.76 Å².